The maximum absolute atomic E-state index is 12.4. The fourth-order valence-electron chi connectivity index (χ4n) is 3.32. The Hall–Kier alpha value is -0.0800. The number of aryl methyl sites for hydroxylation is 1. The van der Waals surface area contributed by atoms with Crippen LogP contribution in [0.5, 0.6) is 0 Å². The average molecular weight is 375 g/mol. The number of thiophene rings is 1. The van der Waals surface area contributed by atoms with Gasteiger partial charge in [0.05, 0.1) is 0 Å². The molecule has 4 nitrogen and oxygen atoms in total. The largest absolute Gasteiger partial charge is 0.300 e. The zero-order valence-electron chi connectivity index (χ0n) is 13.7. The van der Waals surface area contributed by atoms with Gasteiger partial charge in [0.2, 0.25) is 10.0 Å². The molecule has 0 unspecified atom stereocenters. The van der Waals surface area contributed by atoms with Gasteiger partial charge in [0.1, 0.15) is 4.21 Å². The highest BCUT2D eigenvalue weighted by Gasteiger charge is 2.28. The van der Waals surface area contributed by atoms with Gasteiger partial charge in [-0.1, -0.05) is 6.92 Å². The number of rotatable bonds is 6. The highest BCUT2D eigenvalue weighted by Crippen LogP contribution is 2.27. The van der Waals surface area contributed by atoms with Crippen molar-refractivity contribution in [3.05, 3.63) is 17.0 Å². The summed E-state index contributed by atoms with van der Waals surface area (Å²) in [4.78, 5) is 3.73. The fraction of sp³-hybridized carbons (Fsp3) is 0.750. The molecular formula is C16H26N2O2S3. The third-order valence-electron chi connectivity index (χ3n) is 4.88. The molecule has 7 heteroatoms. The molecule has 2 aliphatic rings. The third-order valence-corrected chi connectivity index (χ3v) is 9.17. The van der Waals surface area contributed by atoms with Crippen molar-refractivity contribution in [1.82, 2.24) is 9.62 Å². The van der Waals surface area contributed by atoms with Crippen molar-refractivity contribution in [1.29, 1.82) is 0 Å². The molecule has 2 fully saturated rings. The van der Waals surface area contributed by atoms with Gasteiger partial charge < -0.3 is 0 Å². The van der Waals surface area contributed by atoms with Crippen LogP contribution < -0.4 is 4.72 Å². The van der Waals surface area contributed by atoms with Crippen molar-refractivity contribution in [3.8, 4) is 0 Å². The Labute approximate surface area is 148 Å². The first-order valence-corrected chi connectivity index (χ1v) is 11.9. The van der Waals surface area contributed by atoms with E-state index >= 15 is 0 Å². The molecule has 0 radical (unpaired) electrons. The van der Waals surface area contributed by atoms with Crippen molar-refractivity contribution in [3.63, 3.8) is 0 Å². The van der Waals surface area contributed by atoms with Crippen LogP contribution in [0.2, 0.25) is 0 Å². The topological polar surface area (TPSA) is 49.4 Å². The smallest absolute Gasteiger partial charge is 0.250 e. The maximum atomic E-state index is 12.4. The van der Waals surface area contributed by atoms with E-state index in [1.165, 1.54) is 29.3 Å². The zero-order chi connectivity index (χ0) is 16.3. The summed E-state index contributed by atoms with van der Waals surface area (Å²) in [5.41, 5.74) is 0. The van der Waals surface area contributed by atoms with E-state index in [1.807, 2.05) is 13.0 Å². The van der Waals surface area contributed by atoms with Crippen molar-refractivity contribution in [2.24, 2.45) is 5.92 Å². The molecule has 23 heavy (non-hydrogen) atoms. The fourth-order valence-corrected chi connectivity index (χ4v) is 7.03. The number of piperidine rings is 1. The first kappa shape index (κ1) is 17.7. The van der Waals surface area contributed by atoms with Crippen LogP contribution in [0.25, 0.3) is 0 Å². The second kappa shape index (κ2) is 7.87. The van der Waals surface area contributed by atoms with Crippen molar-refractivity contribution in [2.75, 3.05) is 31.1 Å². The monoisotopic (exact) mass is 374 g/mol. The number of hydrogen-bond acceptors (Lipinski definition) is 5. The summed E-state index contributed by atoms with van der Waals surface area (Å²) in [6.45, 7) is 4.87. The van der Waals surface area contributed by atoms with Crippen molar-refractivity contribution in [2.45, 2.75) is 42.9 Å². The molecule has 0 aliphatic carbocycles. The SMILES string of the molecule is CCc1ccc(S(=O)(=O)NCC2CCN([C@@H]3CCSC3)CC2)s1. The number of nitrogens with zero attached hydrogens (tertiary/aromatic N) is 1. The number of nitrogens with one attached hydrogen (secondary N) is 1. The van der Waals surface area contributed by atoms with E-state index in [0.29, 0.717) is 16.7 Å². The summed E-state index contributed by atoms with van der Waals surface area (Å²) in [5, 5.41) is 0. The highest BCUT2D eigenvalue weighted by atomic mass is 32.2. The van der Waals surface area contributed by atoms with Crippen LogP contribution >= 0.6 is 23.1 Å². The van der Waals surface area contributed by atoms with Crippen LogP contribution in [0.4, 0.5) is 0 Å². The maximum Gasteiger partial charge on any atom is 0.250 e. The Morgan fingerprint density at radius 1 is 1.26 bits per heavy atom. The van der Waals surface area contributed by atoms with E-state index in [4.69, 9.17) is 0 Å². The molecular weight excluding hydrogens is 348 g/mol. The van der Waals surface area contributed by atoms with Crippen molar-refractivity contribution < 1.29 is 8.42 Å². The lowest BCUT2D eigenvalue weighted by molar-refractivity contribution is 0.145. The molecule has 130 valence electrons. The normalized spacial score (nSPS) is 24.3. The molecule has 1 atom stereocenters. The Morgan fingerprint density at radius 3 is 2.65 bits per heavy atom. The van der Waals surface area contributed by atoms with Crippen LogP contribution in [-0.2, 0) is 16.4 Å². The number of thioether (sulfide) groups is 1. The summed E-state index contributed by atoms with van der Waals surface area (Å²) >= 11 is 3.44. The summed E-state index contributed by atoms with van der Waals surface area (Å²) in [6, 6.07) is 4.40. The summed E-state index contributed by atoms with van der Waals surface area (Å²) in [6.07, 6.45) is 4.42. The lowest BCUT2D eigenvalue weighted by atomic mass is 9.96. The minimum Gasteiger partial charge on any atom is -0.300 e. The summed E-state index contributed by atoms with van der Waals surface area (Å²) in [7, 11) is -3.33. The van der Waals surface area contributed by atoms with Gasteiger partial charge in [0, 0.05) is 23.2 Å². The molecule has 1 aromatic rings. The number of hydrogen-bond donors (Lipinski definition) is 1. The van der Waals surface area contributed by atoms with Gasteiger partial charge in [0.25, 0.3) is 0 Å². The zero-order valence-corrected chi connectivity index (χ0v) is 16.1. The minimum absolute atomic E-state index is 0.453. The second-order valence-corrected chi connectivity index (χ2v) is 10.7. The predicted molar refractivity (Wildman–Crippen MR) is 98.9 cm³/mol. The van der Waals surface area contributed by atoms with Gasteiger partial charge in [-0.2, -0.15) is 11.8 Å². The van der Waals surface area contributed by atoms with Crippen LogP contribution in [-0.4, -0.2) is 50.5 Å². The molecule has 3 heterocycles. The van der Waals surface area contributed by atoms with E-state index in [1.54, 1.807) is 6.07 Å². The van der Waals surface area contributed by atoms with Gasteiger partial charge in [-0.3, -0.25) is 4.90 Å². The first-order chi connectivity index (χ1) is 11.1. The van der Waals surface area contributed by atoms with Gasteiger partial charge in [-0.05, 0) is 62.6 Å². The second-order valence-electron chi connectivity index (χ2n) is 6.42. The molecule has 0 spiro atoms. The Bertz CT molecular complexity index is 601. The van der Waals surface area contributed by atoms with Gasteiger partial charge in [-0.15, -0.1) is 11.3 Å². The lowest BCUT2D eigenvalue weighted by Gasteiger charge is -2.35. The molecule has 0 bridgehead atoms. The molecule has 0 saturated carbocycles. The summed E-state index contributed by atoms with van der Waals surface area (Å²) < 4.78 is 28.0. The molecule has 0 aromatic carbocycles. The van der Waals surface area contributed by atoms with Crippen LogP contribution in [0.15, 0.2) is 16.3 Å². The van der Waals surface area contributed by atoms with E-state index in [0.717, 1.165) is 43.3 Å². The van der Waals surface area contributed by atoms with E-state index in [-0.39, 0.29) is 0 Å². The molecule has 3 rings (SSSR count). The predicted octanol–water partition coefficient (Wildman–Crippen LogP) is 2.81. The van der Waals surface area contributed by atoms with Crippen LogP contribution in [0, 0.1) is 5.92 Å². The Balaban J connectivity index is 1.47. The third kappa shape index (κ3) is 4.51. The van der Waals surface area contributed by atoms with Crippen molar-refractivity contribution >= 4 is 33.1 Å². The van der Waals surface area contributed by atoms with E-state index in [9.17, 15) is 8.42 Å². The number of sulfonamides is 1. The standard InChI is InChI=1S/C16H26N2O2S3/c1-2-15-3-4-16(22-15)23(19,20)17-11-13-5-8-18(9-6-13)14-7-10-21-12-14/h3-4,13-14,17H,2,5-12H2,1H3/t14-/m1/s1. The molecule has 2 aliphatic heterocycles. The molecule has 2 saturated heterocycles. The van der Waals surface area contributed by atoms with Gasteiger partial charge in [-0.25, -0.2) is 13.1 Å². The quantitative estimate of drug-likeness (QED) is 0.832. The van der Waals surface area contributed by atoms with E-state index in [2.05, 4.69) is 21.4 Å². The number of likely N-dealkylation sites (tertiary alicyclic amines) is 1. The Morgan fingerprint density at radius 2 is 2.04 bits per heavy atom. The van der Waals surface area contributed by atoms with E-state index < -0.39 is 10.0 Å². The molecule has 1 aromatic heterocycles. The summed E-state index contributed by atoms with van der Waals surface area (Å²) in [5.74, 6) is 3.04. The highest BCUT2D eigenvalue weighted by molar-refractivity contribution is 7.99. The molecule has 1 N–H and O–H groups in total. The van der Waals surface area contributed by atoms with Gasteiger partial charge >= 0.3 is 0 Å². The van der Waals surface area contributed by atoms with Gasteiger partial charge in [0.15, 0.2) is 0 Å². The first-order valence-electron chi connectivity index (χ1n) is 8.48. The molecule has 0 amide bonds. The van der Waals surface area contributed by atoms with Crippen LogP contribution in [0.3, 0.4) is 0 Å². The minimum atomic E-state index is -3.33. The lowest BCUT2D eigenvalue weighted by Crippen LogP contribution is -2.43. The Kier molecular flexibility index (Phi) is 6.07. The van der Waals surface area contributed by atoms with Crippen LogP contribution in [0.1, 0.15) is 31.1 Å². The average Bonchev–Trinajstić information content (AvgIpc) is 3.25.